The largest absolute Gasteiger partial charge is 0.444 e. The van der Waals surface area contributed by atoms with Crippen LogP contribution in [0.15, 0.2) is 18.2 Å². The summed E-state index contributed by atoms with van der Waals surface area (Å²) < 4.78 is 18.4. The molecule has 1 aromatic carbocycles. The highest BCUT2D eigenvalue weighted by Gasteiger charge is 2.17. The molecule has 0 aromatic heterocycles. The van der Waals surface area contributed by atoms with Crippen LogP contribution in [-0.2, 0) is 4.74 Å². The number of hydrogen-bond acceptors (Lipinski definition) is 2. The molecule has 0 aliphatic carbocycles. The van der Waals surface area contributed by atoms with Gasteiger partial charge in [-0.2, -0.15) is 0 Å². The summed E-state index contributed by atoms with van der Waals surface area (Å²) in [6.45, 7) is 5.17. The Kier molecular flexibility index (Phi) is 3.74. The van der Waals surface area contributed by atoms with E-state index in [0.717, 1.165) is 0 Å². The molecular weight excluding hydrogens is 221 g/mol. The molecule has 0 unspecified atom stereocenters. The Morgan fingerprint density at radius 1 is 1.47 bits per heavy atom. The number of hydrogen-bond donors (Lipinski definition) is 1. The number of amides is 1. The van der Waals surface area contributed by atoms with Gasteiger partial charge in [0.05, 0.1) is 5.69 Å². The average molecular weight is 235 g/mol. The molecule has 0 atom stereocenters. The molecule has 0 spiro atoms. The van der Waals surface area contributed by atoms with Crippen molar-refractivity contribution < 1.29 is 13.9 Å². The lowest BCUT2D eigenvalue weighted by Crippen LogP contribution is -2.27. The van der Waals surface area contributed by atoms with E-state index in [1.165, 1.54) is 18.2 Å². The number of terminal acetylenes is 1. The van der Waals surface area contributed by atoms with Crippen LogP contribution < -0.4 is 5.32 Å². The van der Waals surface area contributed by atoms with E-state index in [-0.39, 0.29) is 5.69 Å². The maximum absolute atomic E-state index is 13.4. The zero-order chi connectivity index (χ0) is 13.1. The molecule has 17 heavy (non-hydrogen) atoms. The number of carbonyl (C=O) groups is 1. The molecule has 3 nitrogen and oxygen atoms in total. The second kappa shape index (κ2) is 4.88. The van der Waals surface area contributed by atoms with Gasteiger partial charge in [-0.25, -0.2) is 9.18 Å². The third-order valence-electron chi connectivity index (χ3n) is 1.77. The van der Waals surface area contributed by atoms with E-state index in [4.69, 9.17) is 11.2 Å². The summed E-state index contributed by atoms with van der Waals surface area (Å²) in [5.41, 5.74) is -0.142. The minimum atomic E-state index is -0.717. The summed E-state index contributed by atoms with van der Waals surface area (Å²) in [4.78, 5) is 11.4. The molecule has 0 fully saturated rings. The van der Waals surface area contributed by atoms with Crippen LogP contribution in [0.1, 0.15) is 26.3 Å². The summed E-state index contributed by atoms with van der Waals surface area (Å²) in [7, 11) is 0. The lowest BCUT2D eigenvalue weighted by atomic mass is 10.2. The molecule has 0 aliphatic rings. The molecule has 1 aromatic rings. The van der Waals surface area contributed by atoms with E-state index in [1.807, 2.05) is 0 Å². The predicted octanol–water partition coefficient (Wildman–Crippen LogP) is 3.15. The highest BCUT2D eigenvalue weighted by molar-refractivity contribution is 5.85. The number of nitrogens with one attached hydrogen (secondary N) is 1. The molecule has 90 valence electrons. The van der Waals surface area contributed by atoms with Gasteiger partial charge in [-0.3, -0.25) is 5.32 Å². The van der Waals surface area contributed by atoms with Crippen molar-refractivity contribution >= 4 is 11.8 Å². The molecule has 1 rings (SSSR count). The van der Waals surface area contributed by atoms with Crippen molar-refractivity contribution in [3.05, 3.63) is 29.6 Å². The molecule has 4 heteroatoms. The van der Waals surface area contributed by atoms with Gasteiger partial charge in [-0.15, -0.1) is 6.42 Å². The van der Waals surface area contributed by atoms with E-state index in [1.54, 1.807) is 20.8 Å². The highest BCUT2D eigenvalue weighted by atomic mass is 19.1. The summed E-state index contributed by atoms with van der Waals surface area (Å²) in [5.74, 6) is 1.80. The van der Waals surface area contributed by atoms with Crippen LogP contribution in [0.2, 0.25) is 0 Å². The second-order valence-corrected chi connectivity index (χ2v) is 4.47. The molecule has 0 bridgehead atoms. The van der Waals surface area contributed by atoms with E-state index in [2.05, 4.69) is 11.2 Å². The van der Waals surface area contributed by atoms with Gasteiger partial charge in [0.25, 0.3) is 0 Å². The normalized spacial score (nSPS) is 10.5. The van der Waals surface area contributed by atoms with Gasteiger partial charge in [-0.1, -0.05) is 5.92 Å². The molecule has 1 N–H and O–H groups in total. The Hall–Kier alpha value is -2.02. The standard InChI is InChI=1S/C13H14FNO2/c1-5-9-6-7-10(14)11(8-9)15-12(16)17-13(2,3)4/h1,6-8H,2-4H3,(H,15,16). The van der Waals surface area contributed by atoms with Crippen LogP contribution in [0.5, 0.6) is 0 Å². The number of benzene rings is 1. The maximum Gasteiger partial charge on any atom is 0.412 e. The molecule has 1 amide bonds. The quantitative estimate of drug-likeness (QED) is 0.759. The Morgan fingerprint density at radius 3 is 2.65 bits per heavy atom. The second-order valence-electron chi connectivity index (χ2n) is 4.47. The highest BCUT2D eigenvalue weighted by Crippen LogP contribution is 2.17. The van der Waals surface area contributed by atoms with Gasteiger partial charge in [0.2, 0.25) is 0 Å². The summed E-state index contributed by atoms with van der Waals surface area (Å²) in [5, 5.41) is 2.31. The minimum Gasteiger partial charge on any atom is -0.444 e. The molecule has 0 saturated carbocycles. The van der Waals surface area contributed by atoms with E-state index < -0.39 is 17.5 Å². The van der Waals surface area contributed by atoms with Crippen LogP contribution in [0.4, 0.5) is 14.9 Å². The maximum atomic E-state index is 13.4. The Labute approximate surface area is 100.0 Å². The number of ether oxygens (including phenoxy) is 1. The Balaban J connectivity index is 2.82. The molecule has 0 radical (unpaired) electrons. The van der Waals surface area contributed by atoms with Gasteiger partial charge in [-0.05, 0) is 39.0 Å². The summed E-state index contributed by atoms with van der Waals surface area (Å²) >= 11 is 0. The van der Waals surface area contributed by atoms with Crippen molar-refractivity contribution in [2.45, 2.75) is 26.4 Å². The SMILES string of the molecule is C#Cc1ccc(F)c(NC(=O)OC(C)(C)C)c1. The topological polar surface area (TPSA) is 38.3 Å². The predicted molar refractivity (Wildman–Crippen MR) is 64.2 cm³/mol. The van der Waals surface area contributed by atoms with Crippen molar-refractivity contribution in [1.29, 1.82) is 0 Å². The van der Waals surface area contributed by atoms with Crippen molar-refractivity contribution in [3.63, 3.8) is 0 Å². The fourth-order valence-electron chi connectivity index (χ4n) is 1.12. The zero-order valence-corrected chi connectivity index (χ0v) is 10.0. The van der Waals surface area contributed by atoms with Crippen molar-refractivity contribution in [3.8, 4) is 12.3 Å². The minimum absolute atomic E-state index is 0.00898. The molecule has 0 heterocycles. The first-order valence-corrected chi connectivity index (χ1v) is 5.08. The smallest absolute Gasteiger partial charge is 0.412 e. The van der Waals surface area contributed by atoms with Crippen LogP contribution in [0, 0.1) is 18.2 Å². The van der Waals surface area contributed by atoms with Crippen molar-refractivity contribution in [2.24, 2.45) is 0 Å². The summed E-state index contributed by atoms with van der Waals surface area (Å²) in [6.07, 6.45) is 4.47. The lowest BCUT2D eigenvalue weighted by molar-refractivity contribution is 0.0635. The number of carbonyl (C=O) groups excluding carboxylic acids is 1. The Bertz CT molecular complexity index is 469. The van der Waals surface area contributed by atoms with E-state index in [0.29, 0.717) is 5.56 Å². The fraction of sp³-hybridized carbons (Fsp3) is 0.308. The van der Waals surface area contributed by atoms with Crippen LogP contribution >= 0.6 is 0 Å². The number of anilines is 1. The molecular formula is C13H14FNO2. The molecule has 0 aliphatic heterocycles. The van der Waals surface area contributed by atoms with Gasteiger partial charge in [0.1, 0.15) is 11.4 Å². The van der Waals surface area contributed by atoms with Crippen LogP contribution in [0.25, 0.3) is 0 Å². The van der Waals surface area contributed by atoms with E-state index in [9.17, 15) is 9.18 Å². The third-order valence-corrected chi connectivity index (χ3v) is 1.77. The van der Waals surface area contributed by atoms with Crippen LogP contribution in [-0.4, -0.2) is 11.7 Å². The van der Waals surface area contributed by atoms with Gasteiger partial charge in [0.15, 0.2) is 0 Å². The zero-order valence-electron chi connectivity index (χ0n) is 10.0. The first-order valence-electron chi connectivity index (χ1n) is 5.08. The summed E-state index contributed by atoms with van der Waals surface area (Å²) in [6, 6.07) is 4.02. The van der Waals surface area contributed by atoms with Gasteiger partial charge in [0, 0.05) is 5.56 Å². The first-order chi connectivity index (χ1) is 7.81. The number of halogens is 1. The fourth-order valence-corrected chi connectivity index (χ4v) is 1.12. The monoisotopic (exact) mass is 235 g/mol. The average Bonchev–Trinajstić information content (AvgIpc) is 2.18. The lowest BCUT2D eigenvalue weighted by Gasteiger charge is -2.19. The molecule has 0 saturated heterocycles. The third kappa shape index (κ3) is 4.15. The van der Waals surface area contributed by atoms with Gasteiger partial charge < -0.3 is 4.74 Å². The Morgan fingerprint density at radius 2 is 2.12 bits per heavy atom. The van der Waals surface area contributed by atoms with Crippen molar-refractivity contribution in [1.82, 2.24) is 0 Å². The number of rotatable bonds is 1. The first kappa shape index (κ1) is 13.0. The van der Waals surface area contributed by atoms with E-state index >= 15 is 0 Å². The van der Waals surface area contributed by atoms with Crippen molar-refractivity contribution in [2.75, 3.05) is 5.32 Å². The van der Waals surface area contributed by atoms with Crippen LogP contribution in [0.3, 0.4) is 0 Å². The van der Waals surface area contributed by atoms with Gasteiger partial charge >= 0.3 is 6.09 Å².